The quantitative estimate of drug-likeness (QED) is 0.762. The Bertz CT molecular complexity index is 882. The Morgan fingerprint density at radius 3 is 2.40 bits per heavy atom. The normalized spacial score (nSPS) is 10.8. The molecule has 2 aromatic rings. The molecule has 0 radical (unpaired) electrons. The zero-order chi connectivity index (χ0) is 18.4. The third-order valence-corrected chi connectivity index (χ3v) is 3.47. The lowest BCUT2D eigenvalue weighted by molar-refractivity contribution is -0.119. The van der Waals surface area contributed by atoms with Gasteiger partial charge in [-0.25, -0.2) is 17.6 Å². The van der Waals surface area contributed by atoms with Crippen molar-refractivity contribution in [1.29, 1.82) is 0 Å². The average molecular weight is 366 g/mol. The summed E-state index contributed by atoms with van der Waals surface area (Å²) in [5, 5.41) is 2.44. The number of benzene rings is 2. The van der Waals surface area contributed by atoms with Crippen LogP contribution in [0.1, 0.15) is 10.4 Å². The van der Waals surface area contributed by atoms with Crippen molar-refractivity contribution in [3.05, 3.63) is 59.9 Å². The lowest BCUT2D eigenvalue weighted by Crippen LogP contribution is -2.21. The first-order chi connectivity index (χ1) is 11.7. The molecule has 0 unspecified atom stereocenters. The molecule has 0 bridgehead atoms. The van der Waals surface area contributed by atoms with Gasteiger partial charge in [0.1, 0.15) is 5.82 Å². The van der Waals surface area contributed by atoms with Gasteiger partial charge in [0.2, 0.25) is 10.0 Å². The molecule has 2 N–H and O–H groups in total. The minimum atomic E-state index is -3.48. The lowest BCUT2D eigenvalue weighted by atomic mass is 10.2. The van der Waals surface area contributed by atoms with Crippen LogP contribution in [-0.2, 0) is 19.6 Å². The molecule has 7 nitrogen and oxygen atoms in total. The topological polar surface area (TPSA) is 102 Å². The van der Waals surface area contributed by atoms with E-state index in [2.05, 4.69) is 10.0 Å². The Balaban J connectivity index is 1.92. The fraction of sp³-hybridized carbons (Fsp3) is 0.125. The second-order valence-corrected chi connectivity index (χ2v) is 6.83. The van der Waals surface area contributed by atoms with Crippen LogP contribution < -0.4 is 10.0 Å². The molecule has 0 fully saturated rings. The fourth-order valence-electron chi connectivity index (χ4n) is 1.87. The highest BCUT2D eigenvalue weighted by molar-refractivity contribution is 7.92. The predicted molar refractivity (Wildman–Crippen MR) is 90.2 cm³/mol. The molecule has 0 aliphatic heterocycles. The van der Waals surface area contributed by atoms with Crippen LogP contribution in [0.5, 0.6) is 0 Å². The highest BCUT2D eigenvalue weighted by Gasteiger charge is 2.12. The van der Waals surface area contributed by atoms with Gasteiger partial charge in [-0.05, 0) is 42.5 Å². The first-order valence-corrected chi connectivity index (χ1v) is 8.92. The summed E-state index contributed by atoms with van der Waals surface area (Å²) in [6.45, 7) is -0.542. The number of halogens is 1. The number of hydrogen-bond donors (Lipinski definition) is 2. The zero-order valence-corrected chi connectivity index (χ0v) is 14.0. The minimum absolute atomic E-state index is 0.0863. The van der Waals surface area contributed by atoms with Gasteiger partial charge in [0.25, 0.3) is 5.91 Å². The largest absolute Gasteiger partial charge is 0.452 e. The summed E-state index contributed by atoms with van der Waals surface area (Å²) in [5.74, 6) is -1.82. The summed E-state index contributed by atoms with van der Waals surface area (Å²) < 4.78 is 42.3. The third-order valence-electron chi connectivity index (χ3n) is 2.86. The molecule has 0 heterocycles. The molecule has 0 saturated carbocycles. The van der Waals surface area contributed by atoms with Crippen molar-refractivity contribution in [3.8, 4) is 0 Å². The van der Waals surface area contributed by atoms with Gasteiger partial charge in [-0.15, -0.1) is 0 Å². The summed E-state index contributed by atoms with van der Waals surface area (Å²) in [4.78, 5) is 23.6. The number of rotatable bonds is 6. The fourth-order valence-corrected chi connectivity index (χ4v) is 2.42. The first-order valence-electron chi connectivity index (χ1n) is 7.03. The molecule has 0 spiro atoms. The van der Waals surface area contributed by atoms with Crippen molar-refractivity contribution in [1.82, 2.24) is 0 Å². The van der Waals surface area contributed by atoms with E-state index < -0.39 is 34.3 Å². The van der Waals surface area contributed by atoms with Gasteiger partial charge in [-0.2, -0.15) is 0 Å². The zero-order valence-electron chi connectivity index (χ0n) is 13.2. The van der Waals surface area contributed by atoms with Crippen LogP contribution in [0.3, 0.4) is 0 Å². The second-order valence-electron chi connectivity index (χ2n) is 5.09. The molecule has 0 aliphatic carbocycles. The first kappa shape index (κ1) is 18.4. The molecule has 2 rings (SSSR count). The number of esters is 1. The third kappa shape index (κ3) is 6.22. The van der Waals surface area contributed by atoms with Crippen molar-refractivity contribution >= 4 is 33.3 Å². The molecule has 25 heavy (non-hydrogen) atoms. The maximum Gasteiger partial charge on any atom is 0.338 e. The summed E-state index contributed by atoms with van der Waals surface area (Å²) >= 11 is 0. The van der Waals surface area contributed by atoms with Crippen LogP contribution in [0.15, 0.2) is 48.5 Å². The van der Waals surface area contributed by atoms with Crippen LogP contribution >= 0.6 is 0 Å². The molecule has 0 aromatic heterocycles. The van der Waals surface area contributed by atoms with E-state index in [1.54, 1.807) is 0 Å². The Morgan fingerprint density at radius 1 is 1.08 bits per heavy atom. The SMILES string of the molecule is CS(=O)(=O)Nc1cccc(C(=O)OCC(=O)Nc2ccc(F)cc2)c1. The van der Waals surface area contributed by atoms with Crippen molar-refractivity contribution < 1.29 is 27.1 Å². The molecule has 132 valence electrons. The molecule has 9 heteroatoms. The smallest absolute Gasteiger partial charge is 0.338 e. The number of hydrogen-bond acceptors (Lipinski definition) is 5. The van der Waals surface area contributed by atoms with Crippen LogP contribution in [0.4, 0.5) is 15.8 Å². The number of carbonyl (C=O) groups is 2. The Hall–Kier alpha value is -2.94. The van der Waals surface area contributed by atoms with Crippen LogP contribution in [0, 0.1) is 5.82 Å². The standard InChI is InChI=1S/C16H15FN2O5S/c1-25(22,23)19-14-4-2-3-11(9-14)16(21)24-10-15(20)18-13-7-5-12(17)6-8-13/h2-9,19H,10H2,1H3,(H,18,20). The van der Waals surface area contributed by atoms with E-state index in [9.17, 15) is 22.4 Å². The number of carbonyl (C=O) groups excluding carboxylic acids is 2. The van der Waals surface area contributed by atoms with E-state index in [4.69, 9.17) is 4.74 Å². The van der Waals surface area contributed by atoms with Gasteiger partial charge in [-0.3, -0.25) is 9.52 Å². The molecule has 0 atom stereocenters. The van der Waals surface area contributed by atoms with E-state index >= 15 is 0 Å². The van der Waals surface area contributed by atoms with Gasteiger partial charge in [-0.1, -0.05) is 6.07 Å². The minimum Gasteiger partial charge on any atom is -0.452 e. The second kappa shape index (κ2) is 7.75. The number of sulfonamides is 1. The Labute approximate surface area is 143 Å². The van der Waals surface area contributed by atoms with Crippen LogP contribution in [-0.4, -0.2) is 33.2 Å². The molecular formula is C16H15FN2O5S. The maximum absolute atomic E-state index is 12.8. The van der Waals surface area contributed by atoms with E-state index in [0.29, 0.717) is 5.69 Å². The highest BCUT2D eigenvalue weighted by atomic mass is 32.2. The van der Waals surface area contributed by atoms with Crippen LogP contribution in [0.25, 0.3) is 0 Å². The van der Waals surface area contributed by atoms with Crippen molar-refractivity contribution in [2.75, 3.05) is 22.9 Å². The molecule has 2 aromatic carbocycles. The molecule has 1 amide bonds. The Morgan fingerprint density at radius 2 is 1.76 bits per heavy atom. The highest BCUT2D eigenvalue weighted by Crippen LogP contribution is 2.13. The lowest BCUT2D eigenvalue weighted by Gasteiger charge is -2.08. The van der Waals surface area contributed by atoms with Crippen LogP contribution in [0.2, 0.25) is 0 Å². The van der Waals surface area contributed by atoms with Gasteiger partial charge < -0.3 is 10.1 Å². The summed E-state index contributed by atoms with van der Waals surface area (Å²) in [6, 6.07) is 10.8. The Kier molecular flexibility index (Phi) is 5.71. The van der Waals surface area contributed by atoms with E-state index in [-0.39, 0.29) is 11.3 Å². The predicted octanol–water partition coefficient (Wildman–Crippen LogP) is 1.99. The average Bonchev–Trinajstić information content (AvgIpc) is 2.53. The number of amides is 1. The van der Waals surface area contributed by atoms with E-state index in [0.717, 1.165) is 6.26 Å². The molecule has 0 saturated heterocycles. The van der Waals surface area contributed by atoms with Crippen molar-refractivity contribution in [2.45, 2.75) is 0 Å². The van der Waals surface area contributed by atoms with Gasteiger partial charge in [0, 0.05) is 11.4 Å². The summed E-state index contributed by atoms with van der Waals surface area (Å²) in [7, 11) is -3.48. The van der Waals surface area contributed by atoms with Gasteiger partial charge in [0.05, 0.1) is 11.8 Å². The van der Waals surface area contributed by atoms with Gasteiger partial charge in [0.15, 0.2) is 6.61 Å². The summed E-state index contributed by atoms with van der Waals surface area (Å²) in [5.41, 5.74) is 0.651. The summed E-state index contributed by atoms with van der Waals surface area (Å²) in [6.07, 6.45) is 0.984. The van der Waals surface area contributed by atoms with Crippen molar-refractivity contribution in [3.63, 3.8) is 0 Å². The van der Waals surface area contributed by atoms with Crippen molar-refractivity contribution in [2.24, 2.45) is 0 Å². The molecular weight excluding hydrogens is 351 g/mol. The van der Waals surface area contributed by atoms with E-state index in [1.807, 2.05) is 0 Å². The number of anilines is 2. The molecule has 0 aliphatic rings. The van der Waals surface area contributed by atoms with Gasteiger partial charge >= 0.3 is 5.97 Å². The number of nitrogens with one attached hydrogen (secondary N) is 2. The maximum atomic E-state index is 12.8. The monoisotopic (exact) mass is 366 g/mol. The van der Waals surface area contributed by atoms with E-state index in [1.165, 1.54) is 48.5 Å². The number of ether oxygens (including phenoxy) is 1.